The monoisotopic (exact) mass is 390 g/mol. The minimum atomic E-state index is -0.906. The second-order valence-electron chi connectivity index (χ2n) is 10.9. The zero-order valence-electron chi connectivity index (χ0n) is 17.1. The van der Waals surface area contributed by atoms with Gasteiger partial charge in [0.25, 0.3) is 0 Å². The quantitative estimate of drug-likeness (QED) is 0.599. The Hall–Kier alpha value is -0.910. The summed E-state index contributed by atoms with van der Waals surface area (Å²) in [6.45, 7) is 4.77. The van der Waals surface area contributed by atoms with Crippen LogP contribution in [-0.4, -0.2) is 45.7 Å². The summed E-state index contributed by atoms with van der Waals surface area (Å²) in [6, 6.07) is 0. The van der Waals surface area contributed by atoms with E-state index in [0.717, 1.165) is 50.5 Å². The number of ether oxygens (including phenoxy) is 1. The molecule has 28 heavy (non-hydrogen) atoms. The molecule has 4 saturated carbocycles. The van der Waals surface area contributed by atoms with Gasteiger partial charge in [-0.2, -0.15) is 0 Å². The van der Waals surface area contributed by atoms with Gasteiger partial charge in [0.05, 0.1) is 17.8 Å². The van der Waals surface area contributed by atoms with Gasteiger partial charge < -0.3 is 20.1 Å². The third-order valence-electron chi connectivity index (χ3n) is 9.92. The number of carbonyl (C=O) groups excluding carboxylic acids is 1. The molecular formula is C23H34O5. The second-order valence-corrected chi connectivity index (χ2v) is 10.9. The van der Waals surface area contributed by atoms with E-state index in [1.807, 2.05) is 0 Å². The lowest BCUT2D eigenvalue weighted by Gasteiger charge is -2.63. The van der Waals surface area contributed by atoms with Crippen molar-refractivity contribution in [2.45, 2.75) is 83.0 Å². The number of cyclic esters (lactones) is 1. The minimum Gasteiger partial charge on any atom is -0.458 e. The molecule has 3 N–H and O–H groups in total. The number of hydrogen-bond acceptors (Lipinski definition) is 5. The standard InChI is InChI=1S/C23H34O5/c1-21-7-5-15(24)10-14(21)3-4-17-16(21)6-8-22(2)20(13-9-19(26)28-12-13)18(25)11-23(17,22)27/h9,14-18,20,24-25,27H,3-8,10-12H2,1-2H3/t14?,15?,16-,17+,18?,20-,21-,22+,23-/m0/s1. The van der Waals surface area contributed by atoms with Crippen LogP contribution in [0.15, 0.2) is 11.6 Å². The predicted molar refractivity (Wildman–Crippen MR) is 103 cm³/mol. The van der Waals surface area contributed by atoms with Crippen LogP contribution >= 0.6 is 0 Å². The Morgan fingerprint density at radius 1 is 1.07 bits per heavy atom. The first-order chi connectivity index (χ1) is 13.2. The Kier molecular flexibility index (Phi) is 4.12. The molecule has 0 radical (unpaired) electrons. The van der Waals surface area contributed by atoms with Crippen molar-refractivity contribution in [1.82, 2.24) is 0 Å². The average Bonchev–Trinajstić information content (AvgIpc) is 3.13. The van der Waals surface area contributed by atoms with Crippen molar-refractivity contribution in [2.24, 2.45) is 34.5 Å². The molecule has 1 heterocycles. The van der Waals surface area contributed by atoms with E-state index in [2.05, 4.69) is 13.8 Å². The molecule has 4 fully saturated rings. The van der Waals surface area contributed by atoms with E-state index in [4.69, 9.17) is 4.74 Å². The first-order valence-corrected chi connectivity index (χ1v) is 11.1. The fourth-order valence-electron chi connectivity index (χ4n) is 8.47. The summed E-state index contributed by atoms with van der Waals surface area (Å²) in [7, 11) is 0. The van der Waals surface area contributed by atoms with Crippen LogP contribution in [0.3, 0.4) is 0 Å². The van der Waals surface area contributed by atoms with Gasteiger partial charge in [-0.25, -0.2) is 4.79 Å². The Bertz CT molecular complexity index is 718. The van der Waals surface area contributed by atoms with Crippen molar-refractivity contribution in [3.63, 3.8) is 0 Å². The van der Waals surface area contributed by atoms with E-state index in [1.165, 1.54) is 6.08 Å². The SMILES string of the molecule is C[C@]12CCC(O)CC1CC[C@@H]1[C@@H]2CC[C@]2(C)[C@@H](C3=CC(=O)OC3)C(O)C[C@]12O. The molecule has 0 saturated heterocycles. The van der Waals surface area contributed by atoms with Crippen LogP contribution < -0.4 is 0 Å². The van der Waals surface area contributed by atoms with E-state index in [1.54, 1.807) is 0 Å². The number of carbonyl (C=O) groups is 1. The molecule has 9 atom stereocenters. The maximum atomic E-state index is 12.1. The molecule has 0 amide bonds. The molecule has 4 aliphatic carbocycles. The van der Waals surface area contributed by atoms with Crippen LogP contribution in [-0.2, 0) is 9.53 Å². The number of rotatable bonds is 1. The van der Waals surface area contributed by atoms with Crippen LogP contribution in [0.25, 0.3) is 0 Å². The maximum absolute atomic E-state index is 12.1. The molecule has 0 aromatic carbocycles. The molecule has 5 nitrogen and oxygen atoms in total. The van der Waals surface area contributed by atoms with Gasteiger partial charge >= 0.3 is 5.97 Å². The molecule has 0 spiro atoms. The summed E-state index contributed by atoms with van der Waals surface area (Å²) in [5.74, 6) is 0.627. The Morgan fingerprint density at radius 3 is 2.57 bits per heavy atom. The van der Waals surface area contributed by atoms with Crippen molar-refractivity contribution in [1.29, 1.82) is 0 Å². The van der Waals surface area contributed by atoms with E-state index < -0.39 is 17.1 Å². The molecule has 0 aromatic rings. The first-order valence-electron chi connectivity index (χ1n) is 11.1. The number of aliphatic hydroxyl groups excluding tert-OH is 2. The first kappa shape index (κ1) is 19.1. The topological polar surface area (TPSA) is 87.0 Å². The lowest BCUT2D eigenvalue weighted by atomic mass is 9.43. The smallest absolute Gasteiger partial charge is 0.331 e. The lowest BCUT2D eigenvalue weighted by Crippen LogP contribution is -2.62. The maximum Gasteiger partial charge on any atom is 0.331 e. The largest absolute Gasteiger partial charge is 0.458 e. The number of esters is 1. The minimum absolute atomic E-state index is 0.170. The summed E-state index contributed by atoms with van der Waals surface area (Å²) in [5.41, 5.74) is -0.301. The molecule has 5 heteroatoms. The van der Waals surface area contributed by atoms with Crippen LogP contribution in [0.4, 0.5) is 0 Å². The highest BCUT2D eigenvalue weighted by molar-refractivity contribution is 5.85. The summed E-state index contributed by atoms with van der Waals surface area (Å²) in [4.78, 5) is 11.7. The van der Waals surface area contributed by atoms with Gasteiger partial charge in [0.2, 0.25) is 0 Å². The molecule has 156 valence electrons. The van der Waals surface area contributed by atoms with Crippen molar-refractivity contribution in [3.8, 4) is 0 Å². The molecule has 3 unspecified atom stereocenters. The third-order valence-corrected chi connectivity index (χ3v) is 9.92. The number of fused-ring (bicyclic) bond motifs is 5. The van der Waals surface area contributed by atoms with Gasteiger partial charge in [-0.05, 0) is 73.7 Å². The van der Waals surface area contributed by atoms with Crippen molar-refractivity contribution in [2.75, 3.05) is 6.61 Å². The Labute approximate surface area is 167 Å². The normalized spacial score (nSPS) is 55.8. The highest BCUT2D eigenvalue weighted by Gasteiger charge is 2.70. The Balaban J connectivity index is 1.50. The fraction of sp³-hybridized carbons (Fsp3) is 0.870. The third kappa shape index (κ3) is 2.33. The highest BCUT2D eigenvalue weighted by atomic mass is 16.5. The summed E-state index contributed by atoms with van der Waals surface area (Å²) in [5, 5.41) is 33.3. The van der Waals surface area contributed by atoms with Gasteiger partial charge in [0.15, 0.2) is 0 Å². The average molecular weight is 391 g/mol. The fourth-order valence-corrected chi connectivity index (χ4v) is 8.47. The molecule has 1 aliphatic heterocycles. The van der Waals surface area contributed by atoms with E-state index in [-0.39, 0.29) is 35.9 Å². The summed E-state index contributed by atoms with van der Waals surface area (Å²) >= 11 is 0. The van der Waals surface area contributed by atoms with Crippen molar-refractivity contribution >= 4 is 5.97 Å². The van der Waals surface area contributed by atoms with Crippen molar-refractivity contribution in [3.05, 3.63) is 11.6 Å². The van der Waals surface area contributed by atoms with Crippen LogP contribution in [0.5, 0.6) is 0 Å². The highest BCUT2D eigenvalue weighted by Crippen LogP contribution is 2.69. The second kappa shape index (κ2) is 6.05. The molecular weight excluding hydrogens is 356 g/mol. The number of aliphatic hydroxyl groups is 3. The summed E-state index contributed by atoms with van der Waals surface area (Å²) < 4.78 is 5.14. The molecule has 5 rings (SSSR count). The summed E-state index contributed by atoms with van der Waals surface area (Å²) in [6.07, 6.45) is 7.87. The Morgan fingerprint density at radius 2 is 1.86 bits per heavy atom. The van der Waals surface area contributed by atoms with Gasteiger partial charge in [-0.3, -0.25) is 0 Å². The van der Waals surface area contributed by atoms with E-state index in [9.17, 15) is 20.1 Å². The van der Waals surface area contributed by atoms with Gasteiger partial charge in [-0.15, -0.1) is 0 Å². The van der Waals surface area contributed by atoms with E-state index >= 15 is 0 Å². The molecule has 0 bridgehead atoms. The van der Waals surface area contributed by atoms with Crippen molar-refractivity contribution < 1.29 is 24.9 Å². The van der Waals surface area contributed by atoms with Crippen LogP contribution in [0, 0.1) is 34.5 Å². The molecule has 0 aromatic heterocycles. The van der Waals surface area contributed by atoms with Gasteiger partial charge in [-0.1, -0.05) is 13.8 Å². The van der Waals surface area contributed by atoms with Crippen LogP contribution in [0.1, 0.15) is 65.2 Å². The lowest BCUT2D eigenvalue weighted by molar-refractivity contribution is -0.208. The molecule has 5 aliphatic rings. The van der Waals surface area contributed by atoms with Gasteiger partial charge in [0, 0.05) is 23.8 Å². The van der Waals surface area contributed by atoms with Gasteiger partial charge in [0.1, 0.15) is 6.61 Å². The van der Waals surface area contributed by atoms with E-state index in [0.29, 0.717) is 18.3 Å². The zero-order valence-corrected chi connectivity index (χ0v) is 17.1. The zero-order chi connectivity index (χ0) is 19.9. The van der Waals surface area contributed by atoms with Crippen LogP contribution in [0.2, 0.25) is 0 Å². The predicted octanol–water partition coefficient (Wildman–Crippen LogP) is 2.58. The number of hydrogen-bond donors (Lipinski definition) is 3.